The van der Waals surface area contributed by atoms with E-state index in [9.17, 15) is 8.78 Å². The highest BCUT2D eigenvalue weighted by Crippen LogP contribution is 2.43. The lowest BCUT2D eigenvalue weighted by Gasteiger charge is -2.40. The molecule has 0 radical (unpaired) electrons. The van der Waals surface area contributed by atoms with Gasteiger partial charge in [0.15, 0.2) is 0 Å². The Labute approximate surface area is 227 Å². The van der Waals surface area contributed by atoms with Crippen molar-refractivity contribution in [2.75, 3.05) is 25.1 Å². The number of aromatic nitrogens is 3. The largest absolute Gasteiger partial charge is 0.481 e. The average molecular weight is 528 g/mol. The maximum atomic E-state index is 13.0. The van der Waals surface area contributed by atoms with Crippen molar-refractivity contribution < 1.29 is 13.5 Å². The van der Waals surface area contributed by atoms with Gasteiger partial charge in [-0.3, -0.25) is 4.99 Å². The normalized spacial score (nSPS) is 18.4. The van der Waals surface area contributed by atoms with Gasteiger partial charge < -0.3 is 9.64 Å². The summed E-state index contributed by atoms with van der Waals surface area (Å²) < 4.78 is 31.2. The number of halogens is 2. The maximum absolute atomic E-state index is 13.0. The van der Waals surface area contributed by atoms with Gasteiger partial charge in [-0.05, 0) is 54.2 Å². The Morgan fingerprint density at radius 3 is 2.36 bits per heavy atom. The molecule has 0 spiro atoms. The number of ether oxygens (including phenoxy) is 1. The molecule has 8 heteroatoms. The van der Waals surface area contributed by atoms with Crippen molar-refractivity contribution in [1.82, 2.24) is 15.0 Å². The minimum atomic E-state index is -2.45. The number of pyridine rings is 1. The van der Waals surface area contributed by atoms with Crippen LogP contribution in [-0.4, -0.2) is 40.9 Å². The van der Waals surface area contributed by atoms with Crippen molar-refractivity contribution in [3.63, 3.8) is 0 Å². The van der Waals surface area contributed by atoms with Crippen molar-refractivity contribution in [3.8, 4) is 5.88 Å². The van der Waals surface area contributed by atoms with Gasteiger partial charge >= 0.3 is 0 Å². The lowest BCUT2D eigenvalue weighted by molar-refractivity contribution is 0.151. The van der Waals surface area contributed by atoms with E-state index < -0.39 is 6.43 Å². The van der Waals surface area contributed by atoms with Gasteiger partial charge in [-0.1, -0.05) is 31.2 Å². The van der Waals surface area contributed by atoms with Gasteiger partial charge in [0.2, 0.25) is 5.88 Å². The van der Waals surface area contributed by atoms with Crippen LogP contribution in [0, 0.1) is 5.41 Å². The Bertz CT molecular complexity index is 1480. The number of alkyl halides is 2. The lowest BCUT2D eigenvalue weighted by atomic mass is 9.74. The average Bonchev–Trinajstić information content (AvgIpc) is 3.58. The number of methoxy groups -OCH3 is 1. The van der Waals surface area contributed by atoms with Crippen molar-refractivity contribution in [1.29, 1.82) is 0 Å². The molecular formula is C31H31F2N5O. The summed E-state index contributed by atoms with van der Waals surface area (Å²) in [6.07, 6.45) is 6.71. The summed E-state index contributed by atoms with van der Waals surface area (Å²) in [5, 5.41) is 0. The van der Waals surface area contributed by atoms with Crippen LogP contribution in [0.1, 0.15) is 67.5 Å². The second-order valence-corrected chi connectivity index (χ2v) is 10.8. The third-order valence-electron chi connectivity index (χ3n) is 8.40. The number of piperidine rings is 1. The SMILES string of the molecule is COc1ccc(C2=Cc3c(ncnc3N3CCC(C)(C4=NC(C)=C(c5ccc(C(F)F)cc5)C4)CC3)C2)cn1. The maximum Gasteiger partial charge on any atom is 0.263 e. The van der Waals surface area contributed by atoms with Crippen LogP contribution in [0.25, 0.3) is 17.2 Å². The van der Waals surface area contributed by atoms with Crippen molar-refractivity contribution in [2.45, 2.75) is 46.0 Å². The smallest absolute Gasteiger partial charge is 0.263 e. The van der Waals surface area contributed by atoms with E-state index in [1.54, 1.807) is 25.6 Å². The summed E-state index contributed by atoms with van der Waals surface area (Å²) in [5.41, 5.74) is 8.69. The highest BCUT2D eigenvalue weighted by atomic mass is 19.3. The number of hydrogen-bond donors (Lipinski definition) is 0. The summed E-state index contributed by atoms with van der Waals surface area (Å²) in [4.78, 5) is 21.0. The molecule has 1 fully saturated rings. The molecule has 39 heavy (non-hydrogen) atoms. The number of aliphatic imine (C=N–C) groups is 1. The molecular weight excluding hydrogens is 496 g/mol. The number of allylic oxidation sites excluding steroid dienone is 3. The van der Waals surface area contributed by atoms with Gasteiger partial charge in [0.1, 0.15) is 12.1 Å². The quantitative estimate of drug-likeness (QED) is 0.353. The monoisotopic (exact) mass is 527 g/mol. The van der Waals surface area contributed by atoms with Crippen LogP contribution in [0.3, 0.4) is 0 Å². The molecule has 2 aromatic heterocycles. The van der Waals surface area contributed by atoms with Gasteiger partial charge in [-0.25, -0.2) is 23.7 Å². The Morgan fingerprint density at radius 2 is 1.69 bits per heavy atom. The Hall–Kier alpha value is -3.94. The van der Waals surface area contributed by atoms with E-state index in [4.69, 9.17) is 14.7 Å². The van der Waals surface area contributed by atoms with Crippen LogP contribution in [0.15, 0.2) is 59.6 Å². The van der Waals surface area contributed by atoms with Crippen LogP contribution in [0.2, 0.25) is 0 Å². The van der Waals surface area contributed by atoms with Crippen molar-refractivity contribution in [3.05, 3.63) is 82.6 Å². The fourth-order valence-electron chi connectivity index (χ4n) is 5.84. The molecule has 6 rings (SSSR count). The summed E-state index contributed by atoms with van der Waals surface area (Å²) in [6, 6.07) is 10.5. The zero-order chi connectivity index (χ0) is 27.1. The third kappa shape index (κ3) is 4.73. The number of rotatable bonds is 6. The minimum Gasteiger partial charge on any atom is -0.481 e. The van der Waals surface area contributed by atoms with Gasteiger partial charge in [0.05, 0.1) is 12.8 Å². The molecule has 0 bridgehead atoms. The van der Waals surface area contributed by atoms with Gasteiger partial charge in [-0.2, -0.15) is 0 Å². The Morgan fingerprint density at radius 1 is 0.949 bits per heavy atom. The summed E-state index contributed by atoms with van der Waals surface area (Å²) in [7, 11) is 1.62. The molecule has 4 heterocycles. The molecule has 0 N–H and O–H groups in total. The van der Waals surface area contributed by atoms with Crippen molar-refractivity contribution in [2.24, 2.45) is 10.4 Å². The van der Waals surface area contributed by atoms with Crippen LogP contribution >= 0.6 is 0 Å². The third-order valence-corrected chi connectivity index (χ3v) is 8.40. The zero-order valence-electron chi connectivity index (χ0n) is 22.4. The fraction of sp³-hybridized carbons (Fsp3) is 0.355. The van der Waals surface area contributed by atoms with E-state index >= 15 is 0 Å². The van der Waals surface area contributed by atoms with E-state index in [1.165, 1.54) is 23.4 Å². The van der Waals surface area contributed by atoms with E-state index in [-0.39, 0.29) is 11.0 Å². The second-order valence-electron chi connectivity index (χ2n) is 10.8. The van der Waals surface area contributed by atoms with E-state index in [2.05, 4.69) is 27.9 Å². The van der Waals surface area contributed by atoms with Crippen LogP contribution in [0.5, 0.6) is 5.88 Å². The highest BCUT2D eigenvalue weighted by molar-refractivity contribution is 6.03. The number of anilines is 1. The first-order valence-electron chi connectivity index (χ1n) is 13.3. The van der Waals surface area contributed by atoms with Crippen LogP contribution in [-0.2, 0) is 6.42 Å². The van der Waals surface area contributed by atoms with E-state index in [0.29, 0.717) is 5.88 Å². The molecule has 3 aliphatic rings. The fourth-order valence-corrected chi connectivity index (χ4v) is 5.84. The van der Waals surface area contributed by atoms with Crippen molar-refractivity contribution >= 4 is 28.8 Å². The summed E-state index contributed by atoms with van der Waals surface area (Å²) in [6.45, 7) is 6.08. The molecule has 200 valence electrons. The van der Waals surface area contributed by atoms with Gasteiger partial charge in [-0.15, -0.1) is 0 Å². The molecule has 0 atom stereocenters. The topological polar surface area (TPSA) is 63.5 Å². The zero-order valence-corrected chi connectivity index (χ0v) is 22.4. The molecule has 2 aliphatic heterocycles. The van der Waals surface area contributed by atoms with Crippen LogP contribution in [0.4, 0.5) is 14.6 Å². The first-order valence-corrected chi connectivity index (χ1v) is 13.3. The minimum absolute atomic E-state index is 0.0195. The highest BCUT2D eigenvalue weighted by Gasteiger charge is 2.38. The molecule has 0 saturated carbocycles. The standard InChI is InChI=1S/C31H31F2N5O/c1-19-24(20-4-6-21(7-5-20)29(32)33)16-27(37-19)31(2)10-12-38(13-11-31)30-25-14-23(15-26(25)35-18-36-30)22-8-9-28(39-3)34-17-22/h4-9,14,17-18,29H,10-13,15-16H2,1-3H3. The number of hydrogen-bond acceptors (Lipinski definition) is 6. The predicted octanol–water partition coefficient (Wildman–Crippen LogP) is 6.80. The predicted molar refractivity (Wildman–Crippen MR) is 150 cm³/mol. The van der Waals surface area contributed by atoms with Gasteiger partial charge in [0, 0.05) is 66.1 Å². The number of benzene rings is 1. The Balaban J connectivity index is 1.15. The first-order chi connectivity index (χ1) is 18.8. The Kier molecular flexibility index (Phi) is 6.49. The molecule has 0 unspecified atom stereocenters. The van der Waals surface area contributed by atoms with E-state index in [1.807, 2.05) is 25.3 Å². The molecule has 3 aromatic rings. The molecule has 0 amide bonds. The molecule has 1 aromatic carbocycles. The summed E-state index contributed by atoms with van der Waals surface area (Å²) >= 11 is 0. The van der Waals surface area contributed by atoms with Gasteiger partial charge in [0.25, 0.3) is 6.43 Å². The molecule has 6 nitrogen and oxygen atoms in total. The number of fused-ring (bicyclic) bond motifs is 1. The van der Waals surface area contributed by atoms with E-state index in [0.717, 1.165) is 78.2 Å². The molecule has 1 saturated heterocycles. The van der Waals surface area contributed by atoms with Crippen LogP contribution < -0.4 is 9.64 Å². The summed E-state index contributed by atoms with van der Waals surface area (Å²) in [5.74, 6) is 1.58. The second kappa shape index (κ2) is 9.98. The molecule has 1 aliphatic carbocycles. The number of nitrogens with zero attached hydrogens (tertiary/aromatic N) is 5. The first kappa shape index (κ1) is 25.3. The lowest BCUT2D eigenvalue weighted by Crippen LogP contribution is -2.43.